The molecule has 0 aliphatic heterocycles. The van der Waals surface area contributed by atoms with Crippen LogP contribution in [0.25, 0.3) is 11.3 Å². The number of nitrogens with zero attached hydrogens (tertiary/aromatic N) is 1. The van der Waals surface area contributed by atoms with Gasteiger partial charge in [-0.05, 0) is 12.1 Å². The van der Waals surface area contributed by atoms with Gasteiger partial charge in [0.25, 0.3) is 0 Å². The van der Waals surface area contributed by atoms with Gasteiger partial charge in [0.15, 0.2) is 0 Å². The Morgan fingerprint density at radius 2 is 2.20 bits per heavy atom. The topological polar surface area (TPSA) is 48.1 Å². The van der Waals surface area contributed by atoms with Crippen molar-refractivity contribution >= 4 is 11.3 Å². The van der Waals surface area contributed by atoms with Gasteiger partial charge in [-0.25, -0.2) is 4.98 Å². The summed E-state index contributed by atoms with van der Waals surface area (Å²) in [5.41, 5.74) is 7.47. The fourth-order valence-corrected chi connectivity index (χ4v) is 2.06. The number of methoxy groups -OCH3 is 1. The number of hydrogen-bond donors (Lipinski definition) is 1. The summed E-state index contributed by atoms with van der Waals surface area (Å²) in [5.74, 6) is 0.839. The summed E-state index contributed by atoms with van der Waals surface area (Å²) < 4.78 is 5.28. The number of ether oxygens (including phenoxy) is 1. The zero-order chi connectivity index (χ0) is 10.7. The molecule has 1 aromatic carbocycles. The van der Waals surface area contributed by atoms with Crippen molar-refractivity contribution in [2.75, 3.05) is 7.11 Å². The van der Waals surface area contributed by atoms with E-state index in [1.165, 1.54) is 0 Å². The molecule has 0 amide bonds. The Morgan fingerprint density at radius 1 is 1.40 bits per heavy atom. The maximum Gasteiger partial charge on any atom is 0.128 e. The highest BCUT2D eigenvalue weighted by molar-refractivity contribution is 7.09. The minimum atomic E-state index is 0.486. The van der Waals surface area contributed by atoms with Crippen LogP contribution in [0.4, 0.5) is 0 Å². The zero-order valence-electron chi connectivity index (χ0n) is 8.43. The number of nitrogens with two attached hydrogens (primary N) is 1. The predicted octanol–water partition coefficient (Wildman–Crippen LogP) is 2.28. The summed E-state index contributed by atoms with van der Waals surface area (Å²) >= 11 is 1.57. The Morgan fingerprint density at radius 3 is 2.87 bits per heavy atom. The molecule has 15 heavy (non-hydrogen) atoms. The fourth-order valence-electron chi connectivity index (χ4n) is 1.38. The number of benzene rings is 1. The molecule has 0 saturated carbocycles. The number of thiazole rings is 1. The molecule has 0 aliphatic carbocycles. The van der Waals surface area contributed by atoms with Gasteiger partial charge in [-0.15, -0.1) is 11.3 Å². The average molecular weight is 220 g/mol. The van der Waals surface area contributed by atoms with E-state index in [0.717, 1.165) is 22.0 Å². The second kappa shape index (κ2) is 4.42. The molecule has 0 spiro atoms. The van der Waals surface area contributed by atoms with Crippen LogP contribution < -0.4 is 10.5 Å². The van der Waals surface area contributed by atoms with Crippen LogP contribution in [0.3, 0.4) is 0 Å². The molecule has 1 aromatic heterocycles. The molecule has 0 saturated heterocycles. The van der Waals surface area contributed by atoms with Gasteiger partial charge < -0.3 is 10.5 Å². The normalized spacial score (nSPS) is 10.3. The summed E-state index contributed by atoms with van der Waals surface area (Å²) in [6, 6.07) is 7.84. The SMILES string of the molecule is COc1ccccc1-c1csc(CN)n1. The van der Waals surface area contributed by atoms with Gasteiger partial charge in [-0.2, -0.15) is 0 Å². The molecule has 0 bridgehead atoms. The van der Waals surface area contributed by atoms with Crippen LogP contribution in [-0.4, -0.2) is 12.1 Å². The standard InChI is InChI=1S/C11H12N2OS/c1-14-10-5-3-2-4-8(10)9-7-15-11(6-12)13-9/h2-5,7H,6,12H2,1H3. The summed E-state index contributed by atoms with van der Waals surface area (Å²) in [4.78, 5) is 4.42. The van der Waals surface area contributed by atoms with E-state index < -0.39 is 0 Å². The van der Waals surface area contributed by atoms with Crippen molar-refractivity contribution in [1.82, 2.24) is 4.98 Å². The van der Waals surface area contributed by atoms with Gasteiger partial charge in [0.05, 0.1) is 12.8 Å². The van der Waals surface area contributed by atoms with E-state index in [2.05, 4.69) is 4.98 Å². The van der Waals surface area contributed by atoms with E-state index in [0.29, 0.717) is 6.54 Å². The third kappa shape index (κ3) is 2.00. The Kier molecular flexibility index (Phi) is 2.99. The Bertz CT molecular complexity index is 453. The molecule has 1 heterocycles. The third-order valence-electron chi connectivity index (χ3n) is 2.11. The second-order valence-corrected chi connectivity index (χ2v) is 3.97. The average Bonchev–Trinajstić information content (AvgIpc) is 2.77. The van der Waals surface area contributed by atoms with Crippen molar-refractivity contribution in [3.05, 3.63) is 34.7 Å². The van der Waals surface area contributed by atoms with Crippen LogP contribution in [0.2, 0.25) is 0 Å². The maximum absolute atomic E-state index is 5.53. The van der Waals surface area contributed by atoms with Crippen molar-refractivity contribution in [2.45, 2.75) is 6.54 Å². The quantitative estimate of drug-likeness (QED) is 0.863. The van der Waals surface area contributed by atoms with Crippen LogP contribution in [0.1, 0.15) is 5.01 Å². The molecule has 4 heteroatoms. The lowest BCUT2D eigenvalue weighted by Gasteiger charge is -2.04. The van der Waals surface area contributed by atoms with Gasteiger partial charge in [-0.3, -0.25) is 0 Å². The van der Waals surface area contributed by atoms with Crippen LogP contribution in [-0.2, 0) is 6.54 Å². The van der Waals surface area contributed by atoms with Crippen LogP contribution >= 0.6 is 11.3 Å². The summed E-state index contributed by atoms with van der Waals surface area (Å²) in [5, 5.41) is 2.94. The van der Waals surface area contributed by atoms with Crippen molar-refractivity contribution in [3.63, 3.8) is 0 Å². The molecule has 0 fully saturated rings. The lowest BCUT2D eigenvalue weighted by Crippen LogP contribution is -1.95. The number of hydrogen-bond acceptors (Lipinski definition) is 4. The molecule has 0 unspecified atom stereocenters. The minimum Gasteiger partial charge on any atom is -0.496 e. The first-order valence-electron chi connectivity index (χ1n) is 4.63. The van der Waals surface area contributed by atoms with E-state index in [-0.39, 0.29) is 0 Å². The van der Waals surface area contributed by atoms with Crippen LogP contribution in [0, 0.1) is 0 Å². The van der Waals surface area contributed by atoms with E-state index in [1.54, 1.807) is 18.4 Å². The van der Waals surface area contributed by atoms with E-state index >= 15 is 0 Å². The molecule has 2 rings (SSSR count). The number of aromatic nitrogens is 1. The Balaban J connectivity index is 2.44. The summed E-state index contributed by atoms with van der Waals surface area (Å²) in [6.45, 7) is 0.486. The van der Waals surface area contributed by atoms with E-state index in [9.17, 15) is 0 Å². The van der Waals surface area contributed by atoms with Crippen LogP contribution in [0.15, 0.2) is 29.6 Å². The fraction of sp³-hybridized carbons (Fsp3) is 0.182. The molecule has 0 aliphatic rings. The minimum absolute atomic E-state index is 0.486. The second-order valence-electron chi connectivity index (χ2n) is 3.03. The van der Waals surface area contributed by atoms with Crippen molar-refractivity contribution in [1.29, 1.82) is 0 Å². The van der Waals surface area contributed by atoms with Gasteiger partial charge in [0.1, 0.15) is 10.8 Å². The lowest BCUT2D eigenvalue weighted by molar-refractivity contribution is 0.416. The third-order valence-corrected chi connectivity index (χ3v) is 2.98. The first-order chi connectivity index (χ1) is 7.35. The first-order valence-corrected chi connectivity index (χ1v) is 5.51. The van der Waals surface area contributed by atoms with Crippen molar-refractivity contribution < 1.29 is 4.74 Å². The van der Waals surface area contributed by atoms with Gasteiger partial charge >= 0.3 is 0 Å². The highest BCUT2D eigenvalue weighted by atomic mass is 32.1. The lowest BCUT2D eigenvalue weighted by atomic mass is 10.1. The number of rotatable bonds is 3. The van der Waals surface area contributed by atoms with Gasteiger partial charge in [-0.1, -0.05) is 12.1 Å². The largest absolute Gasteiger partial charge is 0.496 e. The van der Waals surface area contributed by atoms with E-state index in [4.69, 9.17) is 10.5 Å². The first kappa shape index (κ1) is 10.1. The van der Waals surface area contributed by atoms with Crippen LogP contribution in [0.5, 0.6) is 5.75 Å². The summed E-state index contributed by atoms with van der Waals surface area (Å²) in [7, 11) is 1.66. The molecular weight excluding hydrogens is 208 g/mol. The van der Waals surface area contributed by atoms with Gasteiger partial charge in [0.2, 0.25) is 0 Å². The summed E-state index contributed by atoms with van der Waals surface area (Å²) in [6.07, 6.45) is 0. The molecular formula is C11H12N2OS. The van der Waals surface area contributed by atoms with Crippen molar-refractivity contribution in [2.24, 2.45) is 5.73 Å². The smallest absolute Gasteiger partial charge is 0.128 e. The van der Waals surface area contributed by atoms with Gasteiger partial charge in [0, 0.05) is 17.5 Å². The molecule has 0 atom stereocenters. The predicted molar refractivity (Wildman–Crippen MR) is 62.0 cm³/mol. The Labute approximate surface area is 92.5 Å². The molecule has 0 radical (unpaired) electrons. The molecule has 2 aromatic rings. The zero-order valence-corrected chi connectivity index (χ0v) is 9.25. The van der Waals surface area contributed by atoms with E-state index in [1.807, 2.05) is 29.6 Å². The van der Waals surface area contributed by atoms with Crippen molar-refractivity contribution in [3.8, 4) is 17.0 Å². The Hall–Kier alpha value is -1.39. The number of para-hydroxylation sites is 1. The maximum atomic E-state index is 5.53. The molecule has 2 N–H and O–H groups in total. The highest BCUT2D eigenvalue weighted by Crippen LogP contribution is 2.30. The monoisotopic (exact) mass is 220 g/mol. The molecule has 78 valence electrons. The molecule has 3 nitrogen and oxygen atoms in total. The highest BCUT2D eigenvalue weighted by Gasteiger charge is 2.08.